The van der Waals surface area contributed by atoms with E-state index in [1.165, 1.54) is 4.57 Å². The molecule has 3 rings (SSSR count). The second-order valence-electron chi connectivity index (χ2n) is 6.13. The second kappa shape index (κ2) is 7.43. The highest BCUT2D eigenvalue weighted by Gasteiger charge is 2.25. The highest BCUT2D eigenvalue weighted by molar-refractivity contribution is 5.87. The maximum Gasteiger partial charge on any atom is 0.342 e. The van der Waals surface area contributed by atoms with E-state index in [0.29, 0.717) is 12.4 Å². The molecule has 2 N–H and O–H groups in total. The number of nitrogens with zero attached hydrogens (tertiary/aromatic N) is 2. The van der Waals surface area contributed by atoms with Crippen molar-refractivity contribution in [3.8, 4) is 5.75 Å². The van der Waals surface area contributed by atoms with E-state index in [2.05, 4.69) is 10.3 Å². The number of fused-ring (bicyclic) bond motifs is 1. The van der Waals surface area contributed by atoms with Gasteiger partial charge in [0.1, 0.15) is 17.1 Å². The Labute approximate surface area is 151 Å². The zero-order chi connectivity index (χ0) is 18.7. The predicted octanol–water partition coefficient (Wildman–Crippen LogP) is 3.15. The molecule has 0 bridgehead atoms. The van der Waals surface area contributed by atoms with Crippen LogP contribution in [0, 0.1) is 0 Å². The topological polar surface area (TPSA) is 93.4 Å². The Morgan fingerprint density at radius 2 is 2.15 bits per heavy atom. The molecule has 2 aromatic rings. The molecule has 1 aromatic heterocycles. The van der Waals surface area contributed by atoms with Crippen LogP contribution in [0.3, 0.4) is 0 Å². The van der Waals surface area contributed by atoms with E-state index in [9.17, 15) is 9.59 Å². The Bertz CT molecular complexity index is 900. The molecule has 1 unspecified atom stereocenters. The standard InChI is InChI=1S/C19H21N3O4/c1-3-26-15-8-6-14(7-9-15)20-10-13-5-4-12(2)22-17(13)21-11-16(18(22)23)19(24)25/h6-12,20H,3-5H2,1-2H3,(H,24,25). The summed E-state index contributed by atoms with van der Waals surface area (Å²) in [5, 5.41) is 12.3. The highest BCUT2D eigenvalue weighted by atomic mass is 16.5. The Balaban J connectivity index is 1.89. The Kier molecular flexibility index (Phi) is 5.06. The SMILES string of the molecule is CCOc1ccc(NC=C2CCC(C)n3c2ncc(C(=O)O)c3=O)cc1. The van der Waals surface area contributed by atoms with Crippen molar-refractivity contribution in [3.63, 3.8) is 0 Å². The Hall–Kier alpha value is -3.09. The smallest absolute Gasteiger partial charge is 0.342 e. The van der Waals surface area contributed by atoms with Crippen molar-refractivity contribution in [1.82, 2.24) is 9.55 Å². The lowest BCUT2D eigenvalue weighted by Gasteiger charge is -2.26. The number of nitrogens with one attached hydrogen (secondary N) is 1. The number of carboxylic acids is 1. The van der Waals surface area contributed by atoms with Gasteiger partial charge in [0, 0.05) is 29.7 Å². The molecule has 7 nitrogen and oxygen atoms in total. The lowest BCUT2D eigenvalue weighted by Crippen LogP contribution is -2.34. The average molecular weight is 355 g/mol. The molecule has 0 saturated heterocycles. The summed E-state index contributed by atoms with van der Waals surface area (Å²) >= 11 is 0. The number of hydrogen-bond acceptors (Lipinski definition) is 5. The summed E-state index contributed by atoms with van der Waals surface area (Å²) < 4.78 is 6.89. The van der Waals surface area contributed by atoms with Crippen molar-refractivity contribution in [2.75, 3.05) is 11.9 Å². The summed E-state index contributed by atoms with van der Waals surface area (Å²) in [5.41, 5.74) is 0.935. The molecule has 0 spiro atoms. The van der Waals surface area contributed by atoms with Crippen molar-refractivity contribution < 1.29 is 14.6 Å². The molecule has 1 atom stereocenters. The van der Waals surface area contributed by atoms with Crippen molar-refractivity contribution >= 4 is 17.2 Å². The molecular formula is C19H21N3O4. The summed E-state index contributed by atoms with van der Waals surface area (Å²) in [6.45, 7) is 4.45. The van der Waals surface area contributed by atoms with Crippen molar-refractivity contribution in [2.24, 2.45) is 0 Å². The van der Waals surface area contributed by atoms with E-state index < -0.39 is 11.5 Å². The number of carboxylic acid groups (broad SMARTS) is 1. The molecule has 0 aliphatic carbocycles. The van der Waals surface area contributed by atoms with Gasteiger partial charge < -0.3 is 15.2 Å². The first-order valence-corrected chi connectivity index (χ1v) is 8.55. The van der Waals surface area contributed by atoms with E-state index in [1.54, 1.807) is 0 Å². The number of ether oxygens (including phenoxy) is 1. The summed E-state index contributed by atoms with van der Waals surface area (Å²) in [7, 11) is 0. The fourth-order valence-corrected chi connectivity index (χ4v) is 2.99. The molecule has 1 aliphatic rings. The van der Waals surface area contributed by atoms with Crippen LogP contribution in [-0.4, -0.2) is 27.2 Å². The average Bonchev–Trinajstić information content (AvgIpc) is 2.62. The normalized spacial score (nSPS) is 17.6. The Morgan fingerprint density at radius 1 is 1.42 bits per heavy atom. The summed E-state index contributed by atoms with van der Waals surface area (Å²) in [4.78, 5) is 27.9. The van der Waals surface area contributed by atoms with Gasteiger partial charge in [-0.15, -0.1) is 0 Å². The van der Waals surface area contributed by atoms with Gasteiger partial charge in [-0.3, -0.25) is 9.36 Å². The fraction of sp³-hybridized carbons (Fsp3) is 0.316. The molecule has 2 heterocycles. The number of hydrogen-bond donors (Lipinski definition) is 2. The maximum absolute atomic E-state index is 12.5. The van der Waals surface area contributed by atoms with Crippen LogP contribution in [0.2, 0.25) is 0 Å². The number of anilines is 1. The molecule has 0 saturated carbocycles. The number of carbonyl (C=O) groups is 1. The van der Waals surface area contributed by atoms with Gasteiger partial charge in [0.2, 0.25) is 0 Å². The molecular weight excluding hydrogens is 334 g/mol. The zero-order valence-corrected chi connectivity index (χ0v) is 14.7. The van der Waals surface area contributed by atoms with Gasteiger partial charge in [-0.05, 0) is 51.0 Å². The van der Waals surface area contributed by atoms with Gasteiger partial charge in [0.15, 0.2) is 0 Å². The van der Waals surface area contributed by atoms with Gasteiger partial charge in [0.05, 0.1) is 6.61 Å². The van der Waals surface area contributed by atoms with Gasteiger partial charge in [-0.2, -0.15) is 0 Å². The highest BCUT2D eigenvalue weighted by Crippen LogP contribution is 2.30. The number of benzene rings is 1. The van der Waals surface area contributed by atoms with E-state index in [0.717, 1.165) is 36.0 Å². The number of aromatic nitrogens is 2. The van der Waals surface area contributed by atoms with E-state index in [1.807, 2.05) is 44.3 Å². The first-order chi connectivity index (χ1) is 12.5. The van der Waals surface area contributed by atoms with Gasteiger partial charge in [-0.1, -0.05) is 0 Å². The fourth-order valence-electron chi connectivity index (χ4n) is 2.99. The lowest BCUT2D eigenvalue weighted by molar-refractivity contribution is 0.0693. The van der Waals surface area contributed by atoms with Crippen molar-refractivity contribution in [2.45, 2.75) is 32.7 Å². The van der Waals surface area contributed by atoms with Crippen LogP contribution in [-0.2, 0) is 0 Å². The molecule has 0 fully saturated rings. The number of allylic oxidation sites excluding steroid dienone is 1. The van der Waals surface area contributed by atoms with Crippen LogP contribution < -0.4 is 15.6 Å². The maximum atomic E-state index is 12.5. The van der Waals surface area contributed by atoms with Crippen LogP contribution in [0.5, 0.6) is 5.75 Å². The summed E-state index contributed by atoms with van der Waals surface area (Å²) in [6, 6.07) is 7.47. The third-order valence-electron chi connectivity index (χ3n) is 4.36. The van der Waals surface area contributed by atoms with Crippen molar-refractivity contribution in [1.29, 1.82) is 0 Å². The molecule has 7 heteroatoms. The number of aromatic carboxylic acids is 1. The minimum Gasteiger partial charge on any atom is -0.494 e. The molecule has 0 amide bonds. The third kappa shape index (κ3) is 3.46. The molecule has 26 heavy (non-hydrogen) atoms. The van der Waals surface area contributed by atoms with Crippen molar-refractivity contribution in [3.05, 3.63) is 58.4 Å². The minimum absolute atomic E-state index is 0.0908. The van der Waals surface area contributed by atoms with Gasteiger partial charge >= 0.3 is 5.97 Å². The first kappa shape index (κ1) is 17.7. The van der Waals surface area contributed by atoms with Crippen LogP contribution >= 0.6 is 0 Å². The molecule has 0 radical (unpaired) electrons. The summed E-state index contributed by atoms with van der Waals surface area (Å²) in [6.07, 6.45) is 4.46. The van der Waals surface area contributed by atoms with Crippen LogP contribution in [0.25, 0.3) is 5.57 Å². The predicted molar refractivity (Wildman–Crippen MR) is 98.6 cm³/mol. The molecule has 136 valence electrons. The largest absolute Gasteiger partial charge is 0.494 e. The number of rotatable bonds is 5. The second-order valence-corrected chi connectivity index (χ2v) is 6.13. The summed E-state index contributed by atoms with van der Waals surface area (Å²) in [5.74, 6) is 0.0581. The zero-order valence-electron chi connectivity index (χ0n) is 14.7. The van der Waals surface area contributed by atoms with Crippen LogP contribution in [0.15, 0.2) is 41.5 Å². The van der Waals surface area contributed by atoms with Gasteiger partial charge in [0.25, 0.3) is 5.56 Å². The van der Waals surface area contributed by atoms with E-state index in [4.69, 9.17) is 9.84 Å². The minimum atomic E-state index is -1.26. The molecule has 1 aliphatic heterocycles. The first-order valence-electron chi connectivity index (χ1n) is 8.55. The quantitative estimate of drug-likeness (QED) is 0.856. The Morgan fingerprint density at radius 3 is 2.81 bits per heavy atom. The molecule has 1 aromatic carbocycles. The van der Waals surface area contributed by atoms with Crippen LogP contribution in [0.4, 0.5) is 5.69 Å². The van der Waals surface area contributed by atoms with E-state index >= 15 is 0 Å². The monoisotopic (exact) mass is 355 g/mol. The van der Waals surface area contributed by atoms with Crippen LogP contribution in [0.1, 0.15) is 48.9 Å². The van der Waals surface area contributed by atoms with Gasteiger partial charge in [-0.25, -0.2) is 9.78 Å². The lowest BCUT2D eigenvalue weighted by atomic mass is 10.0. The van der Waals surface area contributed by atoms with E-state index in [-0.39, 0.29) is 11.6 Å². The third-order valence-corrected chi connectivity index (χ3v) is 4.36.